The van der Waals surface area contributed by atoms with Crippen molar-refractivity contribution in [3.63, 3.8) is 0 Å². The van der Waals surface area contributed by atoms with Crippen LogP contribution in [0.1, 0.15) is 25.8 Å². The van der Waals surface area contributed by atoms with Crippen LogP contribution in [0.3, 0.4) is 0 Å². The van der Waals surface area contributed by atoms with E-state index in [9.17, 15) is 8.42 Å². The second-order valence-electron chi connectivity index (χ2n) is 4.01. The van der Waals surface area contributed by atoms with Crippen LogP contribution in [-0.2, 0) is 16.4 Å². The van der Waals surface area contributed by atoms with Crippen LogP contribution in [0, 0.1) is 0 Å². The zero-order valence-electron chi connectivity index (χ0n) is 10.1. The third kappa shape index (κ3) is 4.30. The molecule has 1 aromatic rings. The molecule has 0 aliphatic rings. The Morgan fingerprint density at radius 2 is 1.88 bits per heavy atom. The van der Waals surface area contributed by atoms with Crippen LogP contribution in [0.15, 0.2) is 29.2 Å². The maximum absolute atomic E-state index is 11.9. The van der Waals surface area contributed by atoms with Crippen molar-refractivity contribution in [2.45, 2.75) is 37.6 Å². The molecule has 3 nitrogen and oxygen atoms in total. The molecule has 0 radical (unpaired) electrons. The first-order chi connectivity index (χ1) is 7.99. The lowest BCUT2D eigenvalue weighted by Gasteiger charge is -2.12. The summed E-state index contributed by atoms with van der Waals surface area (Å²) in [4.78, 5) is 0.302. The predicted octanol–water partition coefficient (Wildman–Crippen LogP) is 2.54. The van der Waals surface area contributed by atoms with Gasteiger partial charge in [-0.05, 0) is 37.5 Å². The molecule has 0 aromatic heterocycles. The van der Waals surface area contributed by atoms with E-state index < -0.39 is 10.0 Å². The zero-order chi connectivity index (χ0) is 12.9. The Labute approximate surface area is 108 Å². The Kier molecular flexibility index (Phi) is 5.43. The van der Waals surface area contributed by atoms with Gasteiger partial charge in [0.2, 0.25) is 10.0 Å². The van der Waals surface area contributed by atoms with Crippen LogP contribution in [0.25, 0.3) is 0 Å². The normalized spacial score (nSPS) is 13.6. The molecule has 1 aromatic carbocycles. The predicted molar refractivity (Wildman–Crippen MR) is 70.9 cm³/mol. The van der Waals surface area contributed by atoms with Crippen molar-refractivity contribution in [3.05, 3.63) is 29.8 Å². The van der Waals surface area contributed by atoms with Gasteiger partial charge in [-0.25, -0.2) is 13.1 Å². The van der Waals surface area contributed by atoms with E-state index in [0.29, 0.717) is 10.8 Å². The van der Waals surface area contributed by atoms with E-state index >= 15 is 0 Å². The average Bonchev–Trinajstić information content (AvgIpc) is 2.29. The summed E-state index contributed by atoms with van der Waals surface area (Å²) >= 11 is 5.62. The highest BCUT2D eigenvalue weighted by molar-refractivity contribution is 7.89. The quantitative estimate of drug-likeness (QED) is 0.811. The highest BCUT2D eigenvalue weighted by Crippen LogP contribution is 2.12. The maximum atomic E-state index is 11.9. The molecular formula is C12H18ClNO2S. The summed E-state index contributed by atoms with van der Waals surface area (Å²) in [7, 11) is -3.39. The number of hydrogen-bond acceptors (Lipinski definition) is 2. The van der Waals surface area contributed by atoms with Gasteiger partial charge in [0, 0.05) is 11.9 Å². The van der Waals surface area contributed by atoms with Crippen LogP contribution >= 0.6 is 11.6 Å². The number of alkyl halides is 1. The van der Waals surface area contributed by atoms with Crippen LogP contribution in [0.5, 0.6) is 0 Å². The number of sulfonamides is 1. The van der Waals surface area contributed by atoms with E-state index in [2.05, 4.69) is 4.72 Å². The van der Waals surface area contributed by atoms with Crippen molar-refractivity contribution >= 4 is 21.6 Å². The molecule has 0 amide bonds. The molecule has 96 valence electrons. The van der Waals surface area contributed by atoms with Crippen LogP contribution in [0.4, 0.5) is 0 Å². The van der Waals surface area contributed by atoms with E-state index in [0.717, 1.165) is 18.4 Å². The van der Waals surface area contributed by atoms with Crippen molar-refractivity contribution in [1.82, 2.24) is 4.72 Å². The van der Waals surface area contributed by atoms with E-state index in [-0.39, 0.29) is 6.04 Å². The Morgan fingerprint density at radius 3 is 2.35 bits per heavy atom. The maximum Gasteiger partial charge on any atom is 0.240 e. The topological polar surface area (TPSA) is 46.2 Å². The summed E-state index contributed by atoms with van der Waals surface area (Å²) in [6, 6.07) is 6.78. The first-order valence-electron chi connectivity index (χ1n) is 5.67. The summed E-state index contributed by atoms with van der Waals surface area (Å²) in [6.45, 7) is 3.79. The molecule has 0 saturated heterocycles. The Hall–Kier alpha value is -0.580. The average molecular weight is 276 g/mol. The molecule has 0 bridgehead atoms. The largest absolute Gasteiger partial charge is 0.240 e. The van der Waals surface area contributed by atoms with Crippen molar-refractivity contribution < 1.29 is 8.42 Å². The zero-order valence-corrected chi connectivity index (χ0v) is 11.7. The molecule has 0 aliphatic heterocycles. The van der Waals surface area contributed by atoms with E-state index in [1.54, 1.807) is 24.3 Å². The van der Waals surface area contributed by atoms with Gasteiger partial charge in [-0.15, -0.1) is 11.6 Å². The minimum absolute atomic E-state index is 0.0532. The molecule has 0 heterocycles. The lowest BCUT2D eigenvalue weighted by Crippen LogP contribution is -2.31. The first-order valence-corrected chi connectivity index (χ1v) is 7.68. The Bertz CT molecular complexity index is 442. The lowest BCUT2D eigenvalue weighted by atomic mass is 10.2. The second kappa shape index (κ2) is 6.38. The second-order valence-corrected chi connectivity index (χ2v) is 6.11. The van der Waals surface area contributed by atoms with Gasteiger partial charge in [-0.1, -0.05) is 19.1 Å². The standard InChI is InChI=1S/C12H18ClNO2S/c1-3-10(2)14-17(15,16)12-6-4-11(5-7-12)8-9-13/h4-7,10,14H,3,8-9H2,1-2H3. The molecule has 1 atom stereocenters. The van der Waals surface area contributed by atoms with Gasteiger partial charge >= 0.3 is 0 Å². The molecule has 1 N–H and O–H groups in total. The molecule has 0 spiro atoms. The molecule has 17 heavy (non-hydrogen) atoms. The van der Waals surface area contributed by atoms with Crippen molar-refractivity contribution in [2.75, 3.05) is 5.88 Å². The Balaban J connectivity index is 2.85. The van der Waals surface area contributed by atoms with Gasteiger partial charge < -0.3 is 0 Å². The smallest absolute Gasteiger partial charge is 0.208 e. The monoisotopic (exact) mass is 275 g/mol. The van der Waals surface area contributed by atoms with Crippen LogP contribution in [-0.4, -0.2) is 20.3 Å². The molecule has 1 rings (SSSR count). The summed E-state index contributed by atoms with van der Waals surface area (Å²) in [5.41, 5.74) is 1.04. The van der Waals surface area contributed by atoms with Gasteiger partial charge in [-0.3, -0.25) is 0 Å². The van der Waals surface area contributed by atoms with Gasteiger partial charge in [0.25, 0.3) is 0 Å². The molecule has 0 aliphatic carbocycles. The summed E-state index contributed by atoms with van der Waals surface area (Å²) < 4.78 is 26.5. The third-order valence-electron chi connectivity index (χ3n) is 2.59. The molecular weight excluding hydrogens is 258 g/mol. The highest BCUT2D eigenvalue weighted by atomic mass is 35.5. The third-order valence-corrected chi connectivity index (χ3v) is 4.38. The van der Waals surface area contributed by atoms with Crippen LogP contribution < -0.4 is 4.72 Å². The summed E-state index contributed by atoms with van der Waals surface area (Å²) in [5, 5.41) is 0. The molecule has 1 unspecified atom stereocenters. The van der Waals surface area contributed by atoms with Gasteiger partial charge in [-0.2, -0.15) is 0 Å². The molecule has 5 heteroatoms. The fraction of sp³-hybridized carbons (Fsp3) is 0.500. The van der Waals surface area contributed by atoms with E-state index in [1.165, 1.54) is 0 Å². The first kappa shape index (κ1) is 14.5. The number of hydrogen-bond donors (Lipinski definition) is 1. The van der Waals surface area contributed by atoms with Crippen molar-refractivity contribution in [1.29, 1.82) is 0 Å². The minimum Gasteiger partial charge on any atom is -0.208 e. The van der Waals surface area contributed by atoms with Gasteiger partial charge in [0.05, 0.1) is 4.90 Å². The van der Waals surface area contributed by atoms with Crippen molar-refractivity contribution in [3.8, 4) is 0 Å². The highest BCUT2D eigenvalue weighted by Gasteiger charge is 2.15. The summed E-state index contributed by atoms with van der Waals surface area (Å²) in [6.07, 6.45) is 1.52. The van der Waals surface area contributed by atoms with Gasteiger partial charge in [0.1, 0.15) is 0 Å². The number of rotatable bonds is 6. The molecule has 0 saturated carbocycles. The minimum atomic E-state index is -3.39. The SMILES string of the molecule is CCC(C)NS(=O)(=O)c1ccc(CCCl)cc1. The van der Waals surface area contributed by atoms with Gasteiger partial charge in [0.15, 0.2) is 0 Å². The number of benzene rings is 1. The fourth-order valence-electron chi connectivity index (χ4n) is 1.36. The fourth-order valence-corrected chi connectivity index (χ4v) is 2.91. The lowest BCUT2D eigenvalue weighted by molar-refractivity contribution is 0.556. The van der Waals surface area contributed by atoms with Crippen molar-refractivity contribution in [2.24, 2.45) is 0 Å². The number of halogens is 1. The van der Waals surface area contributed by atoms with E-state index in [4.69, 9.17) is 11.6 Å². The number of aryl methyl sites for hydroxylation is 1. The number of nitrogens with one attached hydrogen (secondary N) is 1. The Morgan fingerprint density at radius 1 is 1.29 bits per heavy atom. The summed E-state index contributed by atoms with van der Waals surface area (Å²) in [5.74, 6) is 0.539. The molecule has 0 fully saturated rings. The van der Waals surface area contributed by atoms with Crippen LogP contribution in [0.2, 0.25) is 0 Å². The van der Waals surface area contributed by atoms with E-state index in [1.807, 2.05) is 13.8 Å².